The van der Waals surface area contributed by atoms with Crippen LogP contribution < -0.4 is 5.32 Å². The molecule has 6 heteroatoms. The summed E-state index contributed by atoms with van der Waals surface area (Å²) >= 11 is 0. The monoisotopic (exact) mass is 215 g/mol. The lowest BCUT2D eigenvalue weighted by atomic mass is 9.83. The van der Waals surface area contributed by atoms with Gasteiger partial charge in [-0.2, -0.15) is 0 Å². The highest BCUT2D eigenvalue weighted by Gasteiger charge is 2.48. The minimum Gasteiger partial charge on any atom is -0.469 e. The van der Waals surface area contributed by atoms with E-state index in [-0.39, 0.29) is 25.3 Å². The van der Waals surface area contributed by atoms with Gasteiger partial charge in [0.05, 0.1) is 20.6 Å². The molecule has 15 heavy (non-hydrogen) atoms. The lowest BCUT2D eigenvalue weighted by Crippen LogP contribution is -2.37. The van der Waals surface area contributed by atoms with Crippen LogP contribution in [0.2, 0.25) is 0 Å². The molecule has 1 fully saturated rings. The lowest BCUT2D eigenvalue weighted by Gasteiger charge is -2.22. The van der Waals surface area contributed by atoms with E-state index in [9.17, 15) is 14.4 Å². The summed E-state index contributed by atoms with van der Waals surface area (Å²) in [5.41, 5.74) is -1.10. The van der Waals surface area contributed by atoms with E-state index in [0.717, 1.165) is 0 Å². The van der Waals surface area contributed by atoms with Crippen LogP contribution in [0.3, 0.4) is 0 Å². The zero-order chi connectivity index (χ0) is 11.5. The molecular weight excluding hydrogens is 202 g/mol. The first kappa shape index (κ1) is 11.5. The van der Waals surface area contributed by atoms with Gasteiger partial charge >= 0.3 is 11.9 Å². The largest absolute Gasteiger partial charge is 0.469 e. The summed E-state index contributed by atoms with van der Waals surface area (Å²) in [4.78, 5) is 33.7. The van der Waals surface area contributed by atoms with Crippen molar-refractivity contribution in [3.05, 3.63) is 0 Å². The standard InChI is InChI=1S/C9H13NO5/c1-14-7(12)4-9(8(13)15-2)3-6(11)10-5-9/h3-5H2,1-2H3,(H,10,11)/t9-/m1/s1. The lowest BCUT2D eigenvalue weighted by molar-refractivity contribution is -0.158. The Morgan fingerprint density at radius 3 is 2.47 bits per heavy atom. The summed E-state index contributed by atoms with van der Waals surface area (Å²) in [6.45, 7) is 0.119. The van der Waals surface area contributed by atoms with Gasteiger partial charge in [-0.25, -0.2) is 0 Å². The number of carbonyl (C=O) groups is 3. The van der Waals surface area contributed by atoms with Gasteiger partial charge < -0.3 is 14.8 Å². The van der Waals surface area contributed by atoms with Crippen molar-refractivity contribution in [2.45, 2.75) is 12.8 Å². The van der Waals surface area contributed by atoms with Crippen molar-refractivity contribution < 1.29 is 23.9 Å². The zero-order valence-corrected chi connectivity index (χ0v) is 8.66. The van der Waals surface area contributed by atoms with Crippen molar-refractivity contribution in [2.24, 2.45) is 5.41 Å². The molecule has 0 aromatic rings. The Kier molecular flexibility index (Phi) is 3.28. The van der Waals surface area contributed by atoms with Gasteiger partial charge in [0.1, 0.15) is 5.41 Å². The van der Waals surface area contributed by atoms with E-state index in [1.165, 1.54) is 14.2 Å². The van der Waals surface area contributed by atoms with Crippen LogP contribution in [0.5, 0.6) is 0 Å². The molecule has 0 saturated carbocycles. The van der Waals surface area contributed by atoms with Crippen LogP contribution in [0, 0.1) is 5.41 Å². The fraction of sp³-hybridized carbons (Fsp3) is 0.667. The number of nitrogens with one attached hydrogen (secondary N) is 1. The number of hydrogen-bond acceptors (Lipinski definition) is 5. The molecule has 0 unspecified atom stereocenters. The molecule has 1 rings (SSSR count). The number of carbonyl (C=O) groups excluding carboxylic acids is 3. The van der Waals surface area contributed by atoms with E-state index in [2.05, 4.69) is 14.8 Å². The first-order chi connectivity index (χ1) is 7.04. The molecule has 1 N–H and O–H groups in total. The number of rotatable bonds is 3. The summed E-state index contributed by atoms with van der Waals surface area (Å²) in [6, 6.07) is 0. The molecule has 0 aromatic heterocycles. The molecule has 1 atom stereocenters. The maximum absolute atomic E-state index is 11.5. The van der Waals surface area contributed by atoms with Crippen LogP contribution in [0.4, 0.5) is 0 Å². The van der Waals surface area contributed by atoms with Gasteiger partial charge in [-0.1, -0.05) is 0 Å². The van der Waals surface area contributed by atoms with Crippen molar-refractivity contribution in [3.63, 3.8) is 0 Å². The predicted octanol–water partition coefficient (Wildman–Crippen LogP) is -0.771. The summed E-state index contributed by atoms with van der Waals surface area (Å²) in [5.74, 6) is -1.35. The van der Waals surface area contributed by atoms with Gasteiger partial charge in [-0.05, 0) is 0 Å². The van der Waals surface area contributed by atoms with Crippen LogP contribution in [-0.2, 0) is 23.9 Å². The fourth-order valence-corrected chi connectivity index (χ4v) is 1.61. The highest BCUT2D eigenvalue weighted by atomic mass is 16.5. The first-order valence-corrected chi connectivity index (χ1v) is 4.46. The molecule has 1 saturated heterocycles. The second-order valence-corrected chi connectivity index (χ2v) is 3.48. The minimum atomic E-state index is -1.10. The average molecular weight is 215 g/mol. The Morgan fingerprint density at radius 2 is 2.07 bits per heavy atom. The van der Waals surface area contributed by atoms with Gasteiger partial charge in [0.25, 0.3) is 0 Å². The minimum absolute atomic E-state index is 0.0330. The maximum atomic E-state index is 11.5. The molecule has 1 aliphatic rings. The molecule has 0 aliphatic carbocycles. The normalized spacial score (nSPS) is 24.5. The van der Waals surface area contributed by atoms with Crippen LogP contribution in [0.1, 0.15) is 12.8 Å². The Morgan fingerprint density at radius 1 is 1.40 bits per heavy atom. The zero-order valence-electron chi connectivity index (χ0n) is 8.66. The molecule has 0 bridgehead atoms. The molecule has 6 nitrogen and oxygen atoms in total. The van der Waals surface area contributed by atoms with E-state index in [0.29, 0.717) is 0 Å². The van der Waals surface area contributed by atoms with Crippen molar-refractivity contribution in [1.82, 2.24) is 5.32 Å². The Balaban J connectivity index is 2.82. The number of ether oxygens (including phenoxy) is 2. The van der Waals surface area contributed by atoms with E-state index in [1.807, 2.05) is 0 Å². The van der Waals surface area contributed by atoms with Gasteiger partial charge in [0, 0.05) is 13.0 Å². The Hall–Kier alpha value is -1.59. The van der Waals surface area contributed by atoms with Crippen molar-refractivity contribution in [2.75, 3.05) is 20.8 Å². The first-order valence-electron chi connectivity index (χ1n) is 4.46. The third-order valence-corrected chi connectivity index (χ3v) is 2.45. The number of methoxy groups -OCH3 is 2. The molecule has 84 valence electrons. The number of hydrogen-bond donors (Lipinski definition) is 1. The quantitative estimate of drug-likeness (QED) is 0.625. The molecule has 1 aliphatic heterocycles. The van der Waals surface area contributed by atoms with Gasteiger partial charge in [-0.15, -0.1) is 0 Å². The fourth-order valence-electron chi connectivity index (χ4n) is 1.61. The predicted molar refractivity (Wildman–Crippen MR) is 48.7 cm³/mol. The smallest absolute Gasteiger partial charge is 0.314 e. The van der Waals surface area contributed by atoms with Crippen molar-refractivity contribution in [3.8, 4) is 0 Å². The molecule has 1 heterocycles. The number of esters is 2. The second kappa shape index (κ2) is 4.29. The van der Waals surface area contributed by atoms with Crippen LogP contribution >= 0.6 is 0 Å². The summed E-state index contributed by atoms with van der Waals surface area (Å²) in [7, 11) is 2.46. The molecule has 0 aromatic carbocycles. The van der Waals surface area contributed by atoms with Gasteiger partial charge in [0.15, 0.2) is 0 Å². The molecule has 0 spiro atoms. The topological polar surface area (TPSA) is 81.7 Å². The molecular formula is C9H13NO5. The van der Waals surface area contributed by atoms with E-state index in [4.69, 9.17) is 0 Å². The van der Waals surface area contributed by atoms with E-state index in [1.54, 1.807) is 0 Å². The SMILES string of the molecule is COC(=O)C[C@@]1(C(=O)OC)CNC(=O)C1. The van der Waals surface area contributed by atoms with Crippen LogP contribution in [0.15, 0.2) is 0 Å². The van der Waals surface area contributed by atoms with Crippen LogP contribution in [0.25, 0.3) is 0 Å². The van der Waals surface area contributed by atoms with Crippen LogP contribution in [-0.4, -0.2) is 38.6 Å². The van der Waals surface area contributed by atoms with Gasteiger partial charge in [-0.3, -0.25) is 14.4 Å². The Bertz CT molecular complexity index is 301. The summed E-state index contributed by atoms with van der Waals surface area (Å²) < 4.78 is 9.07. The van der Waals surface area contributed by atoms with Crippen molar-refractivity contribution >= 4 is 17.8 Å². The molecule has 0 radical (unpaired) electrons. The third-order valence-electron chi connectivity index (χ3n) is 2.45. The maximum Gasteiger partial charge on any atom is 0.314 e. The average Bonchev–Trinajstić information content (AvgIpc) is 2.59. The Labute approximate surface area is 86.9 Å². The van der Waals surface area contributed by atoms with Crippen molar-refractivity contribution in [1.29, 1.82) is 0 Å². The van der Waals surface area contributed by atoms with E-state index < -0.39 is 17.4 Å². The summed E-state index contributed by atoms with van der Waals surface area (Å²) in [5, 5.41) is 2.51. The highest BCUT2D eigenvalue weighted by Crippen LogP contribution is 2.32. The molecule has 1 amide bonds. The van der Waals surface area contributed by atoms with E-state index >= 15 is 0 Å². The number of amides is 1. The highest BCUT2D eigenvalue weighted by molar-refractivity contribution is 5.92. The summed E-state index contributed by atoms with van der Waals surface area (Å²) in [6.07, 6.45) is -0.177. The van der Waals surface area contributed by atoms with Gasteiger partial charge in [0.2, 0.25) is 5.91 Å². The second-order valence-electron chi connectivity index (χ2n) is 3.48. The third kappa shape index (κ3) is 2.26.